The third-order valence-corrected chi connectivity index (χ3v) is 6.40. The number of nitrogens with one attached hydrogen (secondary N) is 1. The number of anilines is 2. The standard InChI is InChI=1S/C20H27N5S/c1-2-16(1)14-24-9-11-25(12-10-24)18-7-3-15(4-8-18)13-21-20-22-19(23-26-20)17-5-6-17/h3-4,7-8,16-17H,1-2,5-6,9-14H2,(H,21,22,23). The van der Waals surface area contributed by atoms with Crippen molar-refractivity contribution in [2.24, 2.45) is 5.92 Å². The van der Waals surface area contributed by atoms with Crippen molar-refractivity contribution in [3.8, 4) is 0 Å². The first-order valence-corrected chi connectivity index (χ1v) is 10.7. The van der Waals surface area contributed by atoms with Crippen molar-refractivity contribution in [2.45, 2.75) is 38.1 Å². The molecule has 1 aliphatic heterocycles. The molecule has 0 atom stereocenters. The SMILES string of the molecule is c1cc(N2CCN(CC3CC3)CC2)ccc1CNc1nc(C2CC2)ns1. The number of aromatic nitrogens is 2. The fourth-order valence-electron chi connectivity index (χ4n) is 3.67. The van der Waals surface area contributed by atoms with Crippen molar-refractivity contribution < 1.29 is 0 Å². The molecule has 1 saturated heterocycles. The van der Waals surface area contributed by atoms with E-state index < -0.39 is 0 Å². The minimum absolute atomic E-state index is 0.630. The van der Waals surface area contributed by atoms with Crippen molar-refractivity contribution in [2.75, 3.05) is 42.9 Å². The van der Waals surface area contributed by atoms with Gasteiger partial charge in [0.15, 0.2) is 0 Å². The molecule has 0 amide bonds. The molecule has 26 heavy (non-hydrogen) atoms. The summed E-state index contributed by atoms with van der Waals surface area (Å²) in [6, 6.07) is 9.01. The van der Waals surface area contributed by atoms with Gasteiger partial charge in [-0.25, -0.2) is 4.98 Å². The van der Waals surface area contributed by atoms with Crippen LogP contribution < -0.4 is 10.2 Å². The molecule has 5 nitrogen and oxygen atoms in total. The Morgan fingerprint density at radius 3 is 2.46 bits per heavy atom. The first-order valence-electron chi connectivity index (χ1n) is 9.97. The summed E-state index contributed by atoms with van der Waals surface area (Å²) in [5.74, 6) is 2.67. The lowest BCUT2D eigenvalue weighted by Gasteiger charge is -2.36. The number of hydrogen-bond acceptors (Lipinski definition) is 6. The summed E-state index contributed by atoms with van der Waals surface area (Å²) in [5, 5.41) is 4.36. The van der Waals surface area contributed by atoms with Crippen LogP contribution >= 0.6 is 11.5 Å². The normalized spacial score (nSPS) is 21.2. The van der Waals surface area contributed by atoms with Gasteiger partial charge in [-0.05, 0) is 49.3 Å². The Kier molecular flexibility index (Phi) is 4.55. The Hall–Kier alpha value is -1.66. The van der Waals surface area contributed by atoms with Gasteiger partial charge in [0.1, 0.15) is 5.82 Å². The van der Waals surface area contributed by atoms with E-state index in [2.05, 4.69) is 48.7 Å². The van der Waals surface area contributed by atoms with Gasteiger partial charge < -0.3 is 10.2 Å². The van der Waals surface area contributed by atoms with E-state index in [1.165, 1.54) is 68.1 Å². The van der Waals surface area contributed by atoms with E-state index >= 15 is 0 Å². The summed E-state index contributed by atoms with van der Waals surface area (Å²) >= 11 is 1.49. The Balaban J connectivity index is 1.11. The lowest BCUT2D eigenvalue weighted by atomic mass is 10.1. The van der Waals surface area contributed by atoms with Crippen LogP contribution in [0.15, 0.2) is 24.3 Å². The van der Waals surface area contributed by atoms with Crippen LogP contribution in [-0.2, 0) is 6.54 Å². The summed E-state index contributed by atoms with van der Waals surface area (Å²) in [6.45, 7) is 6.86. The van der Waals surface area contributed by atoms with Crippen LogP contribution in [-0.4, -0.2) is 47.0 Å². The average Bonchev–Trinajstić information content (AvgIpc) is 3.62. The molecule has 0 unspecified atom stereocenters. The lowest BCUT2D eigenvalue weighted by Crippen LogP contribution is -2.47. The van der Waals surface area contributed by atoms with Crippen molar-refractivity contribution in [1.29, 1.82) is 0 Å². The molecule has 2 aliphatic carbocycles. The Labute approximate surface area is 159 Å². The number of rotatable bonds is 7. The zero-order valence-electron chi connectivity index (χ0n) is 15.2. The summed E-state index contributed by atoms with van der Waals surface area (Å²) in [4.78, 5) is 9.76. The van der Waals surface area contributed by atoms with E-state index in [0.717, 1.165) is 36.5 Å². The molecule has 0 spiro atoms. The van der Waals surface area contributed by atoms with Gasteiger partial charge in [0.2, 0.25) is 5.13 Å². The zero-order valence-corrected chi connectivity index (χ0v) is 16.0. The summed E-state index contributed by atoms with van der Waals surface area (Å²) in [6.07, 6.45) is 5.42. The van der Waals surface area contributed by atoms with E-state index in [0.29, 0.717) is 5.92 Å². The van der Waals surface area contributed by atoms with Crippen LogP contribution in [0.3, 0.4) is 0 Å². The predicted octanol–water partition coefficient (Wildman–Crippen LogP) is 3.56. The Morgan fingerprint density at radius 1 is 1.00 bits per heavy atom. The topological polar surface area (TPSA) is 44.3 Å². The molecule has 2 saturated carbocycles. The maximum atomic E-state index is 4.59. The van der Waals surface area contributed by atoms with Gasteiger partial charge >= 0.3 is 0 Å². The molecular weight excluding hydrogens is 342 g/mol. The first kappa shape index (κ1) is 16.5. The molecule has 3 aliphatic rings. The lowest BCUT2D eigenvalue weighted by molar-refractivity contribution is 0.248. The van der Waals surface area contributed by atoms with Crippen LogP contribution in [0.2, 0.25) is 0 Å². The van der Waals surface area contributed by atoms with E-state index in [1.807, 2.05) is 0 Å². The van der Waals surface area contributed by atoms with E-state index in [1.54, 1.807) is 0 Å². The minimum Gasteiger partial charge on any atom is -0.369 e. The molecule has 0 bridgehead atoms. The monoisotopic (exact) mass is 369 g/mol. The highest BCUT2D eigenvalue weighted by molar-refractivity contribution is 7.09. The van der Waals surface area contributed by atoms with Gasteiger partial charge in [-0.3, -0.25) is 4.90 Å². The second-order valence-electron chi connectivity index (χ2n) is 7.98. The molecule has 1 N–H and O–H groups in total. The van der Waals surface area contributed by atoms with Gasteiger partial charge in [-0.15, -0.1) is 0 Å². The fraction of sp³-hybridized carbons (Fsp3) is 0.600. The largest absolute Gasteiger partial charge is 0.369 e. The highest BCUT2D eigenvalue weighted by Crippen LogP contribution is 2.39. The molecule has 3 fully saturated rings. The van der Waals surface area contributed by atoms with Crippen LogP contribution in [0.4, 0.5) is 10.8 Å². The maximum Gasteiger partial charge on any atom is 0.202 e. The molecule has 1 aromatic carbocycles. The molecule has 0 radical (unpaired) electrons. The Bertz CT molecular complexity index is 727. The molecule has 1 aromatic heterocycles. The molecule has 138 valence electrons. The van der Waals surface area contributed by atoms with Crippen LogP contribution in [0.25, 0.3) is 0 Å². The fourth-order valence-corrected chi connectivity index (χ4v) is 4.31. The van der Waals surface area contributed by atoms with Crippen molar-refractivity contribution in [1.82, 2.24) is 14.3 Å². The van der Waals surface area contributed by atoms with Crippen molar-refractivity contribution in [3.63, 3.8) is 0 Å². The number of piperazine rings is 1. The van der Waals surface area contributed by atoms with Crippen molar-refractivity contribution >= 4 is 22.4 Å². The van der Waals surface area contributed by atoms with Crippen molar-refractivity contribution in [3.05, 3.63) is 35.7 Å². The summed E-state index contributed by atoms with van der Waals surface area (Å²) in [5.41, 5.74) is 2.65. The third-order valence-electron chi connectivity index (χ3n) is 5.72. The highest BCUT2D eigenvalue weighted by atomic mass is 32.1. The molecule has 2 aromatic rings. The van der Waals surface area contributed by atoms with E-state index in [9.17, 15) is 0 Å². The minimum atomic E-state index is 0.630. The predicted molar refractivity (Wildman–Crippen MR) is 107 cm³/mol. The quantitative estimate of drug-likeness (QED) is 0.808. The van der Waals surface area contributed by atoms with E-state index in [-0.39, 0.29) is 0 Å². The number of hydrogen-bond donors (Lipinski definition) is 1. The highest BCUT2D eigenvalue weighted by Gasteiger charge is 2.28. The summed E-state index contributed by atoms with van der Waals surface area (Å²) < 4.78 is 4.45. The van der Waals surface area contributed by atoms with Gasteiger partial charge in [0.05, 0.1) is 0 Å². The number of nitrogens with zero attached hydrogens (tertiary/aromatic N) is 4. The van der Waals surface area contributed by atoms with Gasteiger partial charge in [-0.2, -0.15) is 4.37 Å². The van der Waals surface area contributed by atoms with Crippen LogP contribution in [0, 0.1) is 5.92 Å². The second-order valence-corrected chi connectivity index (χ2v) is 8.73. The maximum absolute atomic E-state index is 4.59. The summed E-state index contributed by atoms with van der Waals surface area (Å²) in [7, 11) is 0. The molecule has 6 heteroatoms. The van der Waals surface area contributed by atoms with Crippen LogP contribution in [0.5, 0.6) is 0 Å². The average molecular weight is 370 g/mol. The molecule has 2 heterocycles. The van der Waals surface area contributed by atoms with Gasteiger partial charge in [0.25, 0.3) is 0 Å². The smallest absolute Gasteiger partial charge is 0.202 e. The third kappa shape index (κ3) is 4.01. The second kappa shape index (κ2) is 7.16. The number of benzene rings is 1. The zero-order chi connectivity index (χ0) is 17.3. The van der Waals surface area contributed by atoms with Gasteiger partial charge in [0, 0.05) is 62.4 Å². The molecule has 5 rings (SSSR count). The van der Waals surface area contributed by atoms with E-state index in [4.69, 9.17) is 0 Å². The van der Waals surface area contributed by atoms with Crippen LogP contribution in [0.1, 0.15) is 43.0 Å². The Morgan fingerprint density at radius 2 is 1.77 bits per heavy atom. The first-order chi connectivity index (χ1) is 12.8. The van der Waals surface area contributed by atoms with Gasteiger partial charge in [-0.1, -0.05) is 12.1 Å². The molecular formula is C20H27N5S.